The van der Waals surface area contributed by atoms with E-state index in [-0.39, 0.29) is 52.5 Å². The molecule has 0 radical (unpaired) electrons. The van der Waals surface area contributed by atoms with Gasteiger partial charge in [-0.1, -0.05) is 30.4 Å². The number of hydroxylamine groups is 2. The van der Waals surface area contributed by atoms with Crippen molar-refractivity contribution in [2.45, 2.75) is 31.2 Å². The Morgan fingerprint density at radius 3 is 1.44 bits per heavy atom. The van der Waals surface area contributed by atoms with Gasteiger partial charge in [-0.15, -0.1) is 0 Å². The highest BCUT2D eigenvalue weighted by atomic mass is 16.5. The van der Waals surface area contributed by atoms with Gasteiger partial charge in [0.1, 0.15) is 0 Å². The normalized spacial score (nSPS) is 11.7. The van der Waals surface area contributed by atoms with E-state index < -0.39 is 23.0 Å². The molecule has 0 aromatic heterocycles. The lowest BCUT2D eigenvalue weighted by molar-refractivity contribution is -0.192. The minimum atomic E-state index is -2.46. The number of hydrogen-bond donors (Lipinski definition) is 7. The SMILES string of the molecule is COc1cc(/C=C/C(=O)N(O)C(CCNCCCCNCCCN)(C(=O)/C=C/c2ccc(O)c(OC)c2)C(=O)/C=C/c2ccc(O)c(OC)c2)ccc1O. The molecule has 0 saturated heterocycles. The van der Waals surface area contributed by atoms with Crippen LogP contribution < -0.4 is 30.6 Å². The first-order valence-electron chi connectivity index (χ1n) is 17.4. The van der Waals surface area contributed by atoms with E-state index in [9.17, 15) is 34.9 Å². The van der Waals surface area contributed by atoms with E-state index in [1.807, 2.05) is 0 Å². The third-order valence-corrected chi connectivity index (χ3v) is 8.45. The van der Waals surface area contributed by atoms with Crippen LogP contribution in [-0.4, -0.2) is 103 Å². The lowest BCUT2D eigenvalue weighted by Crippen LogP contribution is -2.60. The number of rotatable bonds is 23. The van der Waals surface area contributed by atoms with Crippen LogP contribution in [0.3, 0.4) is 0 Å². The van der Waals surface area contributed by atoms with Gasteiger partial charge in [0, 0.05) is 12.5 Å². The predicted molar refractivity (Wildman–Crippen MR) is 206 cm³/mol. The lowest BCUT2D eigenvalue weighted by atomic mass is 9.83. The van der Waals surface area contributed by atoms with E-state index in [0.29, 0.717) is 29.8 Å². The summed E-state index contributed by atoms with van der Waals surface area (Å²) in [7, 11) is 4.11. The summed E-state index contributed by atoms with van der Waals surface area (Å²) < 4.78 is 15.5. The zero-order valence-corrected chi connectivity index (χ0v) is 30.8. The number of ether oxygens (including phenoxy) is 3. The number of nitrogens with one attached hydrogen (secondary N) is 2. The molecule has 3 aromatic carbocycles. The Kier molecular flexibility index (Phi) is 17.2. The second kappa shape index (κ2) is 21.8. The van der Waals surface area contributed by atoms with Gasteiger partial charge in [0.2, 0.25) is 0 Å². The predicted octanol–water partition coefficient (Wildman–Crippen LogP) is 4.06. The summed E-state index contributed by atoms with van der Waals surface area (Å²) in [6, 6.07) is 13.1. The Balaban J connectivity index is 2.03. The summed E-state index contributed by atoms with van der Waals surface area (Å²) >= 11 is 0. The van der Waals surface area contributed by atoms with E-state index in [2.05, 4.69) is 10.6 Å². The maximum absolute atomic E-state index is 14.3. The van der Waals surface area contributed by atoms with Crippen LogP contribution in [0.15, 0.2) is 72.8 Å². The number of carbonyl (C=O) groups is 3. The molecule has 0 fully saturated rings. The molecule has 3 aromatic rings. The summed E-state index contributed by atoms with van der Waals surface area (Å²) in [5.74, 6) is -2.82. The smallest absolute Gasteiger partial charge is 0.271 e. The van der Waals surface area contributed by atoms with Crippen molar-refractivity contribution < 1.29 is 49.1 Å². The van der Waals surface area contributed by atoms with E-state index in [0.717, 1.165) is 50.6 Å². The fourth-order valence-electron chi connectivity index (χ4n) is 5.37. The first kappa shape index (κ1) is 42.7. The Bertz CT molecular complexity index is 1730. The van der Waals surface area contributed by atoms with E-state index in [1.54, 1.807) is 0 Å². The largest absolute Gasteiger partial charge is 0.504 e. The molecule has 0 heterocycles. The topological polar surface area (TPSA) is 213 Å². The molecule has 0 aliphatic heterocycles. The van der Waals surface area contributed by atoms with Crippen LogP contribution in [0.5, 0.6) is 34.5 Å². The molecule has 290 valence electrons. The van der Waals surface area contributed by atoms with Crippen LogP contribution in [0.1, 0.15) is 42.4 Å². The van der Waals surface area contributed by atoms with Crippen molar-refractivity contribution >= 4 is 35.7 Å². The second-order valence-corrected chi connectivity index (χ2v) is 12.1. The number of phenolic OH excluding ortho intramolecular Hbond substituents is 3. The molecule has 54 heavy (non-hydrogen) atoms. The van der Waals surface area contributed by atoms with Gasteiger partial charge in [-0.25, -0.2) is 0 Å². The third kappa shape index (κ3) is 11.9. The molecule has 0 atom stereocenters. The van der Waals surface area contributed by atoms with Gasteiger partial charge in [-0.2, -0.15) is 5.06 Å². The van der Waals surface area contributed by atoms with E-state index in [1.165, 1.54) is 94.2 Å². The molecule has 0 unspecified atom stereocenters. The Hall–Kier alpha value is -5.67. The van der Waals surface area contributed by atoms with Crippen LogP contribution in [0.25, 0.3) is 18.2 Å². The minimum absolute atomic E-state index is 0.0586. The standard InChI is InChI=1S/C40H50N4O10/c1-52-34-25-28(7-13-31(34)45)10-16-37(48)40(19-24-43-22-5-4-21-42-23-6-20-41,38(49)17-11-29-8-14-32(46)35(26-29)53-2)44(51)39(50)18-12-30-9-15-33(47)36(27-30)54-3/h7-18,25-27,42-43,45-47,51H,4-6,19-24,41H2,1-3H3/b16-10+,17-11+,18-12+. The lowest BCUT2D eigenvalue weighted by Gasteiger charge is -2.35. The zero-order valence-electron chi connectivity index (χ0n) is 30.8. The van der Waals surface area contributed by atoms with Crippen molar-refractivity contribution in [1.82, 2.24) is 15.7 Å². The van der Waals surface area contributed by atoms with Gasteiger partial charge >= 0.3 is 0 Å². The van der Waals surface area contributed by atoms with Gasteiger partial charge in [-0.05, 0) is 123 Å². The Morgan fingerprint density at radius 1 is 0.648 bits per heavy atom. The van der Waals surface area contributed by atoms with Gasteiger partial charge in [0.15, 0.2) is 51.6 Å². The second-order valence-electron chi connectivity index (χ2n) is 12.1. The van der Waals surface area contributed by atoms with Crippen LogP contribution >= 0.6 is 0 Å². The van der Waals surface area contributed by atoms with E-state index in [4.69, 9.17) is 19.9 Å². The first-order chi connectivity index (χ1) is 26.0. The summed E-state index contributed by atoms with van der Waals surface area (Å²) in [4.78, 5) is 42.4. The van der Waals surface area contributed by atoms with E-state index >= 15 is 0 Å². The molecule has 0 saturated carbocycles. The molecule has 3 rings (SSSR count). The Labute approximate surface area is 315 Å². The van der Waals surface area contributed by atoms with Gasteiger partial charge < -0.3 is 45.9 Å². The Morgan fingerprint density at radius 2 is 1.04 bits per heavy atom. The number of methoxy groups -OCH3 is 3. The zero-order chi connectivity index (χ0) is 39.5. The molecular weight excluding hydrogens is 696 g/mol. The van der Waals surface area contributed by atoms with Crippen LogP contribution in [0.2, 0.25) is 0 Å². The highest BCUT2D eigenvalue weighted by Crippen LogP contribution is 2.31. The number of aromatic hydroxyl groups is 3. The van der Waals surface area contributed by atoms with Crippen molar-refractivity contribution in [2.24, 2.45) is 5.73 Å². The molecule has 0 bridgehead atoms. The van der Waals surface area contributed by atoms with Gasteiger partial charge in [-0.3, -0.25) is 19.6 Å². The molecule has 14 nitrogen and oxygen atoms in total. The number of nitrogens with two attached hydrogens (primary N) is 1. The number of amides is 1. The molecule has 0 aliphatic carbocycles. The average molecular weight is 747 g/mol. The number of phenols is 3. The number of unbranched alkanes of at least 4 members (excludes halogenated alkanes) is 1. The van der Waals surface area contributed by atoms with Crippen LogP contribution in [0, 0.1) is 0 Å². The third-order valence-electron chi connectivity index (χ3n) is 8.45. The number of nitrogens with zero attached hydrogens (tertiary/aromatic N) is 1. The quantitative estimate of drug-likeness (QED) is 0.0240. The molecule has 8 N–H and O–H groups in total. The highest BCUT2D eigenvalue weighted by molar-refractivity contribution is 6.23. The fraction of sp³-hybridized carbons (Fsp3) is 0.325. The number of carbonyl (C=O) groups excluding carboxylic acids is 3. The van der Waals surface area contributed by atoms with Crippen LogP contribution in [0.4, 0.5) is 0 Å². The fourth-order valence-corrected chi connectivity index (χ4v) is 5.37. The molecule has 0 spiro atoms. The summed E-state index contributed by atoms with van der Waals surface area (Å²) in [5, 5.41) is 48.4. The number of ketones is 2. The molecular formula is C40H50N4O10. The molecule has 1 amide bonds. The molecule has 0 aliphatic rings. The van der Waals surface area contributed by atoms with Crippen molar-refractivity contribution in [3.8, 4) is 34.5 Å². The van der Waals surface area contributed by atoms with Gasteiger partial charge in [0.25, 0.3) is 5.91 Å². The number of hydrogen-bond acceptors (Lipinski definition) is 13. The summed E-state index contributed by atoms with van der Waals surface area (Å²) in [5.41, 5.74) is 4.37. The summed E-state index contributed by atoms with van der Waals surface area (Å²) in [6.45, 7) is 2.81. The van der Waals surface area contributed by atoms with Crippen molar-refractivity contribution in [3.63, 3.8) is 0 Å². The number of benzene rings is 3. The summed E-state index contributed by atoms with van der Waals surface area (Å²) in [6.07, 6.45) is 9.44. The van der Waals surface area contributed by atoms with Gasteiger partial charge in [0.05, 0.1) is 21.3 Å². The highest BCUT2D eigenvalue weighted by Gasteiger charge is 2.50. The monoisotopic (exact) mass is 746 g/mol. The maximum Gasteiger partial charge on any atom is 0.271 e. The average Bonchev–Trinajstić information content (AvgIpc) is 3.18. The van der Waals surface area contributed by atoms with Crippen molar-refractivity contribution in [2.75, 3.05) is 54.1 Å². The maximum atomic E-state index is 14.3. The van der Waals surface area contributed by atoms with Crippen molar-refractivity contribution in [3.05, 3.63) is 89.5 Å². The van der Waals surface area contributed by atoms with Crippen LogP contribution in [-0.2, 0) is 14.4 Å². The minimum Gasteiger partial charge on any atom is -0.504 e. The first-order valence-corrected chi connectivity index (χ1v) is 17.4. The van der Waals surface area contributed by atoms with Crippen molar-refractivity contribution in [1.29, 1.82) is 0 Å². The molecule has 14 heteroatoms.